The maximum atomic E-state index is 12.3. The Hall–Kier alpha value is -1.65. The Bertz CT molecular complexity index is 582. The van der Waals surface area contributed by atoms with E-state index in [0.717, 1.165) is 16.5 Å². The summed E-state index contributed by atoms with van der Waals surface area (Å²) >= 11 is 0. The molecule has 2 aromatic rings. The molecule has 0 saturated carbocycles. The SMILES string of the molecule is Cn1nc(NCC(F)F)c2cccc(C(C)(C)C)c21. The lowest BCUT2D eigenvalue weighted by Gasteiger charge is -2.20. The number of alkyl halides is 2. The van der Waals surface area contributed by atoms with E-state index in [9.17, 15) is 8.78 Å². The van der Waals surface area contributed by atoms with E-state index in [4.69, 9.17) is 0 Å². The molecular formula is C14H19F2N3. The van der Waals surface area contributed by atoms with E-state index in [2.05, 4.69) is 37.3 Å². The van der Waals surface area contributed by atoms with Gasteiger partial charge < -0.3 is 5.32 Å². The van der Waals surface area contributed by atoms with Crippen molar-refractivity contribution in [2.24, 2.45) is 7.05 Å². The van der Waals surface area contributed by atoms with Crippen LogP contribution in [0.5, 0.6) is 0 Å². The summed E-state index contributed by atoms with van der Waals surface area (Å²) < 4.78 is 26.4. The van der Waals surface area contributed by atoms with Crippen LogP contribution in [-0.4, -0.2) is 22.8 Å². The molecule has 0 radical (unpaired) electrons. The highest BCUT2D eigenvalue weighted by Crippen LogP contribution is 2.32. The maximum absolute atomic E-state index is 12.3. The number of anilines is 1. The van der Waals surface area contributed by atoms with Crippen LogP contribution in [0, 0.1) is 0 Å². The summed E-state index contributed by atoms with van der Waals surface area (Å²) in [5.41, 5.74) is 2.13. The van der Waals surface area contributed by atoms with E-state index in [0.29, 0.717) is 5.82 Å². The van der Waals surface area contributed by atoms with Crippen molar-refractivity contribution in [2.75, 3.05) is 11.9 Å². The van der Waals surface area contributed by atoms with Crippen molar-refractivity contribution >= 4 is 16.7 Å². The van der Waals surface area contributed by atoms with Gasteiger partial charge in [-0.05, 0) is 17.0 Å². The number of aromatic nitrogens is 2. The predicted octanol–water partition coefficient (Wildman–Crippen LogP) is 3.55. The molecule has 3 nitrogen and oxygen atoms in total. The first-order valence-electron chi connectivity index (χ1n) is 6.29. The first kappa shape index (κ1) is 13.8. The van der Waals surface area contributed by atoms with E-state index in [1.54, 1.807) is 4.68 Å². The lowest BCUT2D eigenvalue weighted by Crippen LogP contribution is -2.12. The molecule has 0 amide bonds. The van der Waals surface area contributed by atoms with Crippen LogP contribution in [0.25, 0.3) is 10.9 Å². The molecule has 0 atom stereocenters. The molecule has 0 saturated heterocycles. The average Bonchev–Trinajstić information content (AvgIpc) is 2.63. The number of benzene rings is 1. The highest BCUT2D eigenvalue weighted by atomic mass is 19.3. The van der Waals surface area contributed by atoms with Gasteiger partial charge in [0.05, 0.1) is 12.1 Å². The molecule has 0 aliphatic rings. The second-order valence-corrected chi connectivity index (χ2v) is 5.70. The Morgan fingerprint density at radius 2 is 2.00 bits per heavy atom. The first-order chi connectivity index (χ1) is 8.80. The second-order valence-electron chi connectivity index (χ2n) is 5.70. The Labute approximate surface area is 111 Å². The van der Waals surface area contributed by atoms with Gasteiger partial charge in [-0.1, -0.05) is 32.9 Å². The topological polar surface area (TPSA) is 29.9 Å². The molecule has 104 valence electrons. The summed E-state index contributed by atoms with van der Waals surface area (Å²) in [7, 11) is 1.84. The van der Waals surface area contributed by atoms with Crippen LogP contribution in [0.15, 0.2) is 18.2 Å². The van der Waals surface area contributed by atoms with Crippen LogP contribution in [0.1, 0.15) is 26.3 Å². The lowest BCUT2D eigenvalue weighted by atomic mass is 9.85. The first-order valence-corrected chi connectivity index (χ1v) is 6.29. The molecule has 5 heteroatoms. The quantitative estimate of drug-likeness (QED) is 0.921. The van der Waals surface area contributed by atoms with Crippen molar-refractivity contribution in [1.29, 1.82) is 0 Å². The molecular weight excluding hydrogens is 248 g/mol. The van der Waals surface area contributed by atoms with Crippen LogP contribution in [-0.2, 0) is 12.5 Å². The fourth-order valence-corrected chi connectivity index (χ4v) is 2.25. The van der Waals surface area contributed by atoms with Crippen molar-refractivity contribution in [1.82, 2.24) is 9.78 Å². The highest BCUT2D eigenvalue weighted by molar-refractivity contribution is 5.93. The molecule has 0 unspecified atom stereocenters. The molecule has 2 rings (SSSR count). The van der Waals surface area contributed by atoms with Gasteiger partial charge >= 0.3 is 0 Å². The highest BCUT2D eigenvalue weighted by Gasteiger charge is 2.21. The van der Waals surface area contributed by atoms with Gasteiger partial charge in [-0.15, -0.1) is 0 Å². The largest absolute Gasteiger partial charge is 0.362 e. The van der Waals surface area contributed by atoms with Gasteiger partial charge in [0.25, 0.3) is 6.43 Å². The summed E-state index contributed by atoms with van der Waals surface area (Å²) in [6, 6.07) is 5.91. The van der Waals surface area contributed by atoms with Gasteiger partial charge in [0.15, 0.2) is 5.82 Å². The van der Waals surface area contributed by atoms with Crippen molar-refractivity contribution in [2.45, 2.75) is 32.6 Å². The van der Waals surface area contributed by atoms with Crippen molar-refractivity contribution in [3.8, 4) is 0 Å². The smallest absolute Gasteiger partial charge is 0.255 e. The zero-order chi connectivity index (χ0) is 14.2. The summed E-state index contributed by atoms with van der Waals surface area (Å²) in [6.45, 7) is 5.99. The molecule has 1 N–H and O–H groups in total. The van der Waals surface area contributed by atoms with Crippen LogP contribution in [0.2, 0.25) is 0 Å². The van der Waals surface area contributed by atoms with Crippen molar-refractivity contribution < 1.29 is 8.78 Å². The molecule has 1 heterocycles. The Morgan fingerprint density at radius 1 is 1.32 bits per heavy atom. The maximum Gasteiger partial charge on any atom is 0.255 e. The third kappa shape index (κ3) is 2.69. The fourth-order valence-electron chi connectivity index (χ4n) is 2.25. The molecule has 1 aromatic carbocycles. The van der Waals surface area contributed by atoms with Crippen LogP contribution >= 0.6 is 0 Å². The Balaban J connectivity index is 2.54. The molecule has 0 aliphatic heterocycles. The third-order valence-electron chi connectivity index (χ3n) is 3.10. The van der Waals surface area contributed by atoms with E-state index < -0.39 is 6.43 Å². The normalized spacial score (nSPS) is 12.4. The van der Waals surface area contributed by atoms with Gasteiger partial charge in [0.1, 0.15) is 0 Å². The van der Waals surface area contributed by atoms with Gasteiger partial charge in [0.2, 0.25) is 0 Å². The second kappa shape index (κ2) is 4.79. The minimum Gasteiger partial charge on any atom is -0.362 e. The minimum atomic E-state index is -2.39. The number of nitrogens with one attached hydrogen (secondary N) is 1. The summed E-state index contributed by atoms with van der Waals surface area (Å²) in [6.07, 6.45) is -2.39. The molecule has 0 spiro atoms. The summed E-state index contributed by atoms with van der Waals surface area (Å²) in [5.74, 6) is 0.518. The van der Waals surface area contributed by atoms with Gasteiger partial charge in [0, 0.05) is 12.4 Å². The molecule has 0 bridgehead atoms. The van der Waals surface area contributed by atoms with Crippen LogP contribution in [0.4, 0.5) is 14.6 Å². The molecule has 0 aliphatic carbocycles. The number of hydrogen-bond donors (Lipinski definition) is 1. The van der Waals surface area contributed by atoms with Gasteiger partial charge in [-0.2, -0.15) is 5.10 Å². The van der Waals surface area contributed by atoms with Gasteiger partial charge in [-0.25, -0.2) is 8.78 Å². The summed E-state index contributed by atoms with van der Waals surface area (Å²) in [4.78, 5) is 0. The number of fused-ring (bicyclic) bond motifs is 1. The number of nitrogens with zero attached hydrogens (tertiary/aromatic N) is 2. The molecule has 0 fully saturated rings. The molecule has 1 aromatic heterocycles. The van der Waals surface area contributed by atoms with E-state index in [1.807, 2.05) is 19.2 Å². The fraction of sp³-hybridized carbons (Fsp3) is 0.500. The number of aryl methyl sites for hydroxylation is 1. The minimum absolute atomic E-state index is 0.0205. The standard InChI is InChI=1S/C14H19F2N3/c1-14(2,3)10-7-5-6-9-12(10)19(4)18-13(9)17-8-11(15)16/h5-7,11H,8H2,1-4H3,(H,17,18). The Kier molecular flexibility index (Phi) is 3.47. The number of hydrogen-bond acceptors (Lipinski definition) is 2. The molecule has 19 heavy (non-hydrogen) atoms. The zero-order valence-electron chi connectivity index (χ0n) is 11.7. The van der Waals surface area contributed by atoms with Crippen LogP contribution in [0.3, 0.4) is 0 Å². The summed E-state index contributed by atoms with van der Waals surface area (Å²) in [5, 5.41) is 7.90. The van der Waals surface area contributed by atoms with E-state index >= 15 is 0 Å². The number of rotatable bonds is 3. The third-order valence-corrected chi connectivity index (χ3v) is 3.10. The Morgan fingerprint density at radius 3 is 2.58 bits per heavy atom. The van der Waals surface area contributed by atoms with E-state index in [1.165, 1.54) is 0 Å². The number of halogens is 2. The van der Waals surface area contributed by atoms with Crippen molar-refractivity contribution in [3.63, 3.8) is 0 Å². The van der Waals surface area contributed by atoms with Crippen LogP contribution < -0.4 is 5.32 Å². The average molecular weight is 267 g/mol. The van der Waals surface area contributed by atoms with Gasteiger partial charge in [-0.3, -0.25) is 4.68 Å². The zero-order valence-corrected chi connectivity index (χ0v) is 11.7. The monoisotopic (exact) mass is 267 g/mol. The lowest BCUT2D eigenvalue weighted by molar-refractivity contribution is 0.163. The predicted molar refractivity (Wildman–Crippen MR) is 73.9 cm³/mol. The van der Waals surface area contributed by atoms with Crippen molar-refractivity contribution in [3.05, 3.63) is 23.8 Å². The number of para-hydroxylation sites is 1. The van der Waals surface area contributed by atoms with E-state index in [-0.39, 0.29) is 12.0 Å².